The summed E-state index contributed by atoms with van der Waals surface area (Å²) in [6, 6.07) is 12.4. The largest absolute Gasteiger partial charge is 0.494 e. The Labute approximate surface area is 188 Å². The summed E-state index contributed by atoms with van der Waals surface area (Å²) in [5.41, 5.74) is 0.154. The minimum atomic E-state index is -0.414. The van der Waals surface area contributed by atoms with Crippen molar-refractivity contribution in [2.24, 2.45) is 0 Å². The average molecular weight is 445 g/mol. The molecule has 0 aliphatic rings. The number of unbranched alkanes of at least 4 members (excludes halogenated alkanes) is 9. The SMILES string of the molecule is O=[N+]([O-])c1ccc(OCCCCCCCCCCCCOc2ccc([N+](=O)[O-])cc2)cc1. The predicted octanol–water partition coefficient (Wildman–Crippen LogP) is 6.86. The predicted molar refractivity (Wildman–Crippen MR) is 123 cm³/mol. The van der Waals surface area contributed by atoms with E-state index in [-0.39, 0.29) is 11.4 Å². The van der Waals surface area contributed by atoms with E-state index in [9.17, 15) is 20.2 Å². The molecule has 0 saturated heterocycles. The van der Waals surface area contributed by atoms with Gasteiger partial charge in [-0.2, -0.15) is 0 Å². The summed E-state index contributed by atoms with van der Waals surface area (Å²) in [5.74, 6) is 1.35. The molecule has 0 radical (unpaired) electrons. The van der Waals surface area contributed by atoms with Crippen LogP contribution < -0.4 is 9.47 Å². The van der Waals surface area contributed by atoms with E-state index < -0.39 is 9.85 Å². The zero-order valence-corrected chi connectivity index (χ0v) is 18.4. The Bertz CT molecular complexity index is 739. The maximum Gasteiger partial charge on any atom is 0.269 e. The lowest BCUT2D eigenvalue weighted by Crippen LogP contribution is -1.98. The molecular weight excluding hydrogens is 412 g/mol. The first-order valence-electron chi connectivity index (χ1n) is 11.3. The first-order chi connectivity index (χ1) is 15.6. The van der Waals surface area contributed by atoms with Crippen molar-refractivity contribution in [3.8, 4) is 11.5 Å². The Morgan fingerprint density at radius 2 is 0.781 bits per heavy atom. The van der Waals surface area contributed by atoms with Crippen molar-refractivity contribution in [1.82, 2.24) is 0 Å². The second-order valence-electron chi connectivity index (χ2n) is 7.73. The quantitative estimate of drug-likeness (QED) is 0.150. The van der Waals surface area contributed by atoms with Crippen LogP contribution in [-0.4, -0.2) is 23.1 Å². The molecule has 0 aliphatic heterocycles. The topological polar surface area (TPSA) is 105 Å². The lowest BCUT2D eigenvalue weighted by Gasteiger charge is -2.06. The summed E-state index contributed by atoms with van der Waals surface area (Å²) in [6.45, 7) is 1.28. The highest BCUT2D eigenvalue weighted by atomic mass is 16.6. The van der Waals surface area contributed by atoms with E-state index in [0.29, 0.717) is 24.7 Å². The maximum atomic E-state index is 10.6. The molecule has 8 heteroatoms. The van der Waals surface area contributed by atoms with Crippen molar-refractivity contribution in [3.63, 3.8) is 0 Å². The summed E-state index contributed by atoms with van der Waals surface area (Å²) in [6.07, 6.45) is 11.6. The molecule has 2 rings (SSSR count). The minimum Gasteiger partial charge on any atom is -0.494 e. The van der Waals surface area contributed by atoms with Crippen LogP contribution in [0.25, 0.3) is 0 Å². The van der Waals surface area contributed by atoms with Gasteiger partial charge < -0.3 is 9.47 Å². The molecule has 0 amide bonds. The highest BCUT2D eigenvalue weighted by Crippen LogP contribution is 2.19. The Kier molecular flexibility index (Phi) is 11.6. The van der Waals surface area contributed by atoms with Crippen LogP contribution in [0.1, 0.15) is 64.2 Å². The van der Waals surface area contributed by atoms with Gasteiger partial charge in [0.1, 0.15) is 11.5 Å². The van der Waals surface area contributed by atoms with Crippen LogP contribution in [0.5, 0.6) is 11.5 Å². The number of benzene rings is 2. The normalized spacial score (nSPS) is 10.6. The number of nitro groups is 2. The highest BCUT2D eigenvalue weighted by molar-refractivity contribution is 5.36. The summed E-state index contributed by atoms with van der Waals surface area (Å²) in [4.78, 5) is 20.4. The van der Waals surface area contributed by atoms with Crippen LogP contribution in [0, 0.1) is 20.2 Å². The zero-order valence-electron chi connectivity index (χ0n) is 18.4. The van der Waals surface area contributed by atoms with Gasteiger partial charge in [-0.1, -0.05) is 51.4 Å². The Hall–Kier alpha value is -3.16. The Balaban J connectivity index is 1.35. The molecule has 0 spiro atoms. The fraction of sp³-hybridized carbons (Fsp3) is 0.500. The van der Waals surface area contributed by atoms with Crippen LogP contribution in [-0.2, 0) is 0 Å². The molecule has 0 aliphatic carbocycles. The molecule has 174 valence electrons. The van der Waals surface area contributed by atoms with E-state index in [4.69, 9.17) is 9.47 Å². The van der Waals surface area contributed by atoms with Gasteiger partial charge >= 0.3 is 0 Å². The van der Waals surface area contributed by atoms with Gasteiger partial charge in [-0.25, -0.2) is 0 Å². The summed E-state index contributed by atoms with van der Waals surface area (Å²) >= 11 is 0. The average Bonchev–Trinajstić information content (AvgIpc) is 2.80. The molecule has 0 unspecified atom stereocenters. The summed E-state index contributed by atoms with van der Waals surface area (Å²) in [7, 11) is 0. The second kappa shape index (κ2) is 14.8. The van der Waals surface area contributed by atoms with Gasteiger partial charge in [-0.05, 0) is 37.1 Å². The lowest BCUT2D eigenvalue weighted by atomic mass is 10.1. The maximum absolute atomic E-state index is 10.6. The number of hydrogen-bond donors (Lipinski definition) is 0. The molecule has 2 aromatic carbocycles. The van der Waals surface area contributed by atoms with Gasteiger partial charge in [0.2, 0.25) is 0 Å². The van der Waals surface area contributed by atoms with E-state index in [1.807, 2.05) is 0 Å². The molecular formula is C24H32N2O6. The molecule has 0 heterocycles. The van der Waals surface area contributed by atoms with E-state index in [1.165, 1.54) is 62.8 Å². The molecule has 2 aromatic rings. The van der Waals surface area contributed by atoms with Gasteiger partial charge in [0, 0.05) is 24.3 Å². The first-order valence-corrected chi connectivity index (χ1v) is 11.3. The number of rotatable bonds is 17. The van der Waals surface area contributed by atoms with Crippen LogP contribution in [0.4, 0.5) is 11.4 Å². The Morgan fingerprint density at radius 3 is 1.06 bits per heavy atom. The third-order valence-corrected chi connectivity index (χ3v) is 5.17. The van der Waals surface area contributed by atoms with Gasteiger partial charge in [0.05, 0.1) is 23.1 Å². The highest BCUT2D eigenvalue weighted by Gasteiger charge is 2.05. The van der Waals surface area contributed by atoms with Crippen LogP contribution in [0.3, 0.4) is 0 Å². The van der Waals surface area contributed by atoms with E-state index >= 15 is 0 Å². The molecule has 0 bridgehead atoms. The van der Waals surface area contributed by atoms with Crippen molar-refractivity contribution in [2.75, 3.05) is 13.2 Å². The van der Waals surface area contributed by atoms with Gasteiger partial charge in [0.15, 0.2) is 0 Å². The molecule has 0 N–H and O–H groups in total. The number of ether oxygens (including phenoxy) is 2. The molecule has 32 heavy (non-hydrogen) atoms. The second-order valence-corrected chi connectivity index (χ2v) is 7.73. The zero-order chi connectivity index (χ0) is 23.0. The number of nitro benzene ring substituents is 2. The minimum absolute atomic E-state index is 0.0768. The standard InChI is InChI=1S/C24H32N2O6/c27-25(28)21-11-15-23(16-12-21)31-19-9-7-5-3-1-2-4-6-8-10-20-32-24-17-13-22(14-18-24)26(29)30/h11-18H,1-10,19-20H2. The fourth-order valence-electron chi connectivity index (χ4n) is 3.33. The van der Waals surface area contributed by atoms with Crippen molar-refractivity contribution >= 4 is 11.4 Å². The van der Waals surface area contributed by atoms with Crippen molar-refractivity contribution in [2.45, 2.75) is 64.2 Å². The number of non-ortho nitro benzene ring substituents is 2. The van der Waals surface area contributed by atoms with Crippen molar-refractivity contribution in [3.05, 3.63) is 68.8 Å². The smallest absolute Gasteiger partial charge is 0.269 e. The van der Waals surface area contributed by atoms with Gasteiger partial charge in [-0.15, -0.1) is 0 Å². The van der Waals surface area contributed by atoms with Crippen LogP contribution >= 0.6 is 0 Å². The molecule has 0 aromatic heterocycles. The van der Waals surface area contributed by atoms with Gasteiger partial charge in [-0.3, -0.25) is 20.2 Å². The fourth-order valence-corrected chi connectivity index (χ4v) is 3.33. The number of hydrogen-bond acceptors (Lipinski definition) is 6. The molecule has 0 saturated carbocycles. The molecule has 0 atom stereocenters. The van der Waals surface area contributed by atoms with Crippen molar-refractivity contribution < 1.29 is 19.3 Å². The number of nitrogens with zero attached hydrogens (tertiary/aromatic N) is 2. The van der Waals surface area contributed by atoms with E-state index in [2.05, 4.69) is 0 Å². The lowest BCUT2D eigenvalue weighted by molar-refractivity contribution is -0.385. The van der Waals surface area contributed by atoms with Gasteiger partial charge in [0.25, 0.3) is 11.4 Å². The molecule has 8 nitrogen and oxygen atoms in total. The van der Waals surface area contributed by atoms with E-state index in [1.54, 1.807) is 24.3 Å². The monoisotopic (exact) mass is 444 g/mol. The van der Waals surface area contributed by atoms with Crippen molar-refractivity contribution in [1.29, 1.82) is 0 Å². The Morgan fingerprint density at radius 1 is 0.500 bits per heavy atom. The van der Waals surface area contributed by atoms with E-state index in [0.717, 1.165) is 25.7 Å². The van der Waals surface area contributed by atoms with Crippen LogP contribution in [0.2, 0.25) is 0 Å². The molecule has 0 fully saturated rings. The third kappa shape index (κ3) is 10.2. The summed E-state index contributed by atoms with van der Waals surface area (Å²) < 4.78 is 11.2. The third-order valence-electron chi connectivity index (χ3n) is 5.17. The first kappa shape index (κ1) is 25.1. The van der Waals surface area contributed by atoms with Crippen LogP contribution in [0.15, 0.2) is 48.5 Å². The summed E-state index contributed by atoms with van der Waals surface area (Å²) in [5, 5.41) is 21.2.